The highest BCUT2D eigenvalue weighted by molar-refractivity contribution is 5.66. The molecule has 21 heavy (non-hydrogen) atoms. The molecule has 0 atom stereocenters. The maximum Gasteiger partial charge on any atom is 0.0382 e. The SMILES string of the molecule is C=C/C=C(\C)Nc1ccc(-c2ccc(CCC)cc2)cc1. The molecule has 0 fully saturated rings. The third-order valence-corrected chi connectivity index (χ3v) is 3.42. The Morgan fingerprint density at radius 1 is 1.00 bits per heavy atom. The second-order valence-corrected chi connectivity index (χ2v) is 5.23. The van der Waals surface area contributed by atoms with E-state index < -0.39 is 0 Å². The summed E-state index contributed by atoms with van der Waals surface area (Å²) in [6.45, 7) is 7.94. The van der Waals surface area contributed by atoms with Crippen LogP contribution in [-0.4, -0.2) is 0 Å². The molecule has 1 heteroatoms. The Bertz CT molecular complexity index is 603. The molecule has 0 heterocycles. The van der Waals surface area contributed by atoms with Crippen molar-refractivity contribution in [2.24, 2.45) is 0 Å². The van der Waals surface area contributed by atoms with E-state index in [2.05, 4.69) is 67.4 Å². The molecule has 0 aliphatic rings. The number of anilines is 1. The van der Waals surface area contributed by atoms with Crippen molar-refractivity contribution in [3.63, 3.8) is 0 Å². The van der Waals surface area contributed by atoms with Crippen molar-refractivity contribution >= 4 is 5.69 Å². The van der Waals surface area contributed by atoms with Crippen LogP contribution in [0.1, 0.15) is 25.8 Å². The summed E-state index contributed by atoms with van der Waals surface area (Å²) in [5.41, 5.74) is 6.09. The number of aryl methyl sites for hydroxylation is 1. The minimum atomic E-state index is 1.08. The molecule has 0 spiro atoms. The van der Waals surface area contributed by atoms with Crippen LogP contribution in [0.2, 0.25) is 0 Å². The van der Waals surface area contributed by atoms with Crippen LogP contribution in [0.4, 0.5) is 5.69 Å². The topological polar surface area (TPSA) is 12.0 Å². The summed E-state index contributed by atoms with van der Waals surface area (Å²) in [4.78, 5) is 0. The Morgan fingerprint density at radius 2 is 1.57 bits per heavy atom. The first-order valence-corrected chi connectivity index (χ1v) is 7.48. The predicted octanol–water partition coefficient (Wildman–Crippen LogP) is 5.81. The summed E-state index contributed by atoms with van der Waals surface area (Å²) >= 11 is 0. The van der Waals surface area contributed by atoms with Gasteiger partial charge < -0.3 is 5.32 Å². The van der Waals surface area contributed by atoms with E-state index in [1.807, 2.05) is 13.0 Å². The molecule has 0 aliphatic carbocycles. The lowest BCUT2D eigenvalue weighted by Gasteiger charge is -2.08. The third kappa shape index (κ3) is 4.35. The van der Waals surface area contributed by atoms with Crippen molar-refractivity contribution in [1.29, 1.82) is 0 Å². The van der Waals surface area contributed by atoms with Gasteiger partial charge in [-0.05, 0) is 48.2 Å². The van der Waals surface area contributed by atoms with Crippen LogP contribution >= 0.6 is 0 Å². The van der Waals surface area contributed by atoms with Crippen molar-refractivity contribution in [3.8, 4) is 11.1 Å². The molecule has 2 rings (SSSR count). The largest absolute Gasteiger partial charge is 0.359 e. The number of rotatable bonds is 6. The second kappa shape index (κ2) is 7.49. The smallest absolute Gasteiger partial charge is 0.0382 e. The first-order valence-electron chi connectivity index (χ1n) is 7.48. The molecule has 0 saturated carbocycles. The molecule has 0 unspecified atom stereocenters. The molecular formula is C20H23N. The summed E-state index contributed by atoms with van der Waals surface area (Å²) in [5, 5.41) is 3.34. The van der Waals surface area contributed by atoms with Crippen LogP contribution in [-0.2, 0) is 6.42 Å². The normalized spacial score (nSPS) is 11.2. The highest BCUT2D eigenvalue weighted by atomic mass is 14.9. The molecule has 108 valence electrons. The lowest BCUT2D eigenvalue weighted by Crippen LogP contribution is -1.94. The maximum absolute atomic E-state index is 3.70. The quantitative estimate of drug-likeness (QED) is 0.657. The van der Waals surface area contributed by atoms with Crippen molar-refractivity contribution in [2.45, 2.75) is 26.7 Å². The minimum absolute atomic E-state index is 1.08. The van der Waals surface area contributed by atoms with Gasteiger partial charge in [0.25, 0.3) is 0 Å². The van der Waals surface area contributed by atoms with E-state index in [1.165, 1.54) is 23.1 Å². The standard InChI is InChI=1S/C20H23N/c1-4-6-16(3)21-20-14-12-19(13-15-20)18-10-8-17(7-5-2)9-11-18/h4,6,8-15,21H,1,5,7H2,2-3H3/b16-6+. The Labute approximate surface area is 128 Å². The molecule has 2 aromatic carbocycles. The molecule has 0 radical (unpaired) electrons. The summed E-state index contributed by atoms with van der Waals surface area (Å²) in [5.74, 6) is 0. The van der Waals surface area contributed by atoms with Crippen LogP contribution in [0.25, 0.3) is 11.1 Å². The number of hydrogen-bond donors (Lipinski definition) is 1. The molecule has 1 nitrogen and oxygen atoms in total. The Morgan fingerprint density at radius 3 is 2.10 bits per heavy atom. The average Bonchev–Trinajstić information content (AvgIpc) is 2.49. The first kappa shape index (κ1) is 15.1. The molecular weight excluding hydrogens is 254 g/mol. The Kier molecular flexibility index (Phi) is 5.39. The zero-order chi connectivity index (χ0) is 15.1. The molecule has 0 saturated heterocycles. The lowest BCUT2D eigenvalue weighted by atomic mass is 10.0. The molecule has 2 aromatic rings. The van der Waals surface area contributed by atoms with Crippen molar-refractivity contribution in [2.75, 3.05) is 5.32 Å². The minimum Gasteiger partial charge on any atom is -0.359 e. The summed E-state index contributed by atoms with van der Waals surface area (Å²) in [7, 11) is 0. The average molecular weight is 277 g/mol. The Hall–Kier alpha value is -2.28. The van der Waals surface area contributed by atoms with E-state index in [1.54, 1.807) is 6.08 Å². The first-order chi connectivity index (χ1) is 10.2. The highest BCUT2D eigenvalue weighted by Crippen LogP contribution is 2.22. The zero-order valence-corrected chi connectivity index (χ0v) is 12.9. The summed E-state index contributed by atoms with van der Waals surface area (Å²) in [6.07, 6.45) is 6.09. The van der Waals surface area contributed by atoms with Gasteiger partial charge in [-0.25, -0.2) is 0 Å². The molecule has 0 bridgehead atoms. The van der Waals surface area contributed by atoms with Crippen molar-refractivity contribution in [3.05, 3.63) is 78.5 Å². The Balaban J connectivity index is 2.11. The van der Waals surface area contributed by atoms with Gasteiger partial charge in [-0.15, -0.1) is 0 Å². The van der Waals surface area contributed by atoms with Gasteiger partial charge in [-0.2, -0.15) is 0 Å². The highest BCUT2D eigenvalue weighted by Gasteiger charge is 1.99. The van der Waals surface area contributed by atoms with Gasteiger partial charge in [0.1, 0.15) is 0 Å². The lowest BCUT2D eigenvalue weighted by molar-refractivity contribution is 0.922. The molecule has 0 amide bonds. The fourth-order valence-electron chi connectivity index (χ4n) is 2.34. The number of nitrogens with one attached hydrogen (secondary N) is 1. The summed E-state index contributed by atoms with van der Waals surface area (Å²) in [6, 6.07) is 17.4. The monoisotopic (exact) mass is 277 g/mol. The van der Waals surface area contributed by atoms with Crippen LogP contribution in [0.5, 0.6) is 0 Å². The third-order valence-electron chi connectivity index (χ3n) is 3.42. The van der Waals surface area contributed by atoms with Gasteiger partial charge in [-0.1, -0.05) is 62.4 Å². The number of hydrogen-bond acceptors (Lipinski definition) is 1. The van der Waals surface area contributed by atoms with Gasteiger partial charge in [0.15, 0.2) is 0 Å². The second-order valence-electron chi connectivity index (χ2n) is 5.23. The van der Waals surface area contributed by atoms with Crippen LogP contribution in [0, 0.1) is 0 Å². The molecule has 1 N–H and O–H groups in total. The van der Waals surface area contributed by atoms with Gasteiger partial charge in [0.2, 0.25) is 0 Å². The predicted molar refractivity (Wildman–Crippen MR) is 93.4 cm³/mol. The van der Waals surface area contributed by atoms with Crippen LogP contribution in [0.15, 0.2) is 73.0 Å². The van der Waals surface area contributed by atoms with Crippen molar-refractivity contribution in [1.82, 2.24) is 0 Å². The van der Waals surface area contributed by atoms with Crippen LogP contribution in [0.3, 0.4) is 0 Å². The van der Waals surface area contributed by atoms with Gasteiger partial charge in [-0.3, -0.25) is 0 Å². The van der Waals surface area contributed by atoms with Gasteiger partial charge in [0, 0.05) is 11.4 Å². The summed E-state index contributed by atoms with van der Waals surface area (Å²) < 4.78 is 0. The fourth-order valence-corrected chi connectivity index (χ4v) is 2.34. The fraction of sp³-hybridized carbons (Fsp3) is 0.200. The van der Waals surface area contributed by atoms with E-state index in [0.29, 0.717) is 0 Å². The van der Waals surface area contributed by atoms with Gasteiger partial charge >= 0.3 is 0 Å². The van der Waals surface area contributed by atoms with E-state index in [0.717, 1.165) is 17.8 Å². The zero-order valence-electron chi connectivity index (χ0n) is 12.9. The van der Waals surface area contributed by atoms with E-state index in [9.17, 15) is 0 Å². The van der Waals surface area contributed by atoms with Crippen molar-refractivity contribution < 1.29 is 0 Å². The van der Waals surface area contributed by atoms with E-state index in [4.69, 9.17) is 0 Å². The number of allylic oxidation sites excluding steroid dienone is 3. The molecule has 0 aromatic heterocycles. The van der Waals surface area contributed by atoms with Crippen LogP contribution < -0.4 is 5.32 Å². The van der Waals surface area contributed by atoms with E-state index in [-0.39, 0.29) is 0 Å². The maximum atomic E-state index is 3.70. The molecule has 0 aliphatic heterocycles. The van der Waals surface area contributed by atoms with Gasteiger partial charge in [0.05, 0.1) is 0 Å². The van der Waals surface area contributed by atoms with E-state index >= 15 is 0 Å². The number of benzene rings is 2.